The van der Waals surface area contributed by atoms with Crippen LogP contribution in [0.5, 0.6) is 0 Å². The van der Waals surface area contributed by atoms with Crippen molar-refractivity contribution in [3.63, 3.8) is 0 Å². The number of likely N-dealkylation sites (tertiary alicyclic amines) is 1. The molecule has 2 heterocycles. The van der Waals surface area contributed by atoms with Gasteiger partial charge < -0.3 is 20.3 Å². The number of rotatable bonds is 6. The Labute approximate surface area is 145 Å². The number of hydrogen-bond acceptors (Lipinski definition) is 4. The third kappa shape index (κ3) is 6.28. The van der Waals surface area contributed by atoms with Crippen LogP contribution in [0.2, 0.25) is 0 Å². The van der Waals surface area contributed by atoms with Crippen LogP contribution in [0.1, 0.15) is 26.7 Å². The van der Waals surface area contributed by atoms with Gasteiger partial charge in [-0.25, -0.2) is 0 Å². The molecule has 2 atom stereocenters. The van der Waals surface area contributed by atoms with Crippen molar-refractivity contribution in [1.82, 2.24) is 20.4 Å². The normalized spacial score (nSPS) is 24.8. The first-order valence-electron chi connectivity index (χ1n) is 9.17. The van der Waals surface area contributed by atoms with Crippen molar-refractivity contribution in [3.8, 4) is 0 Å². The molecule has 0 radical (unpaired) electrons. The van der Waals surface area contributed by atoms with Gasteiger partial charge in [-0.05, 0) is 19.3 Å². The van der Waals surface area contributed by atoms with E-state index in [0.29, 0.717) is 12.3 Å². The highest BCUT2D eigenvalue weighted by Gasteiger charge is 2.23. The molecule has 0 saturated carbocycles. The number of likely N-dealkylation sites (N-methyl/N-ethyl adjacent to an activating group) is 1. The minimum atomic E-state index is 0.231. The fourth-order valence-electron chi connectivity index (χ4n) is 3.17. The Morgan fingerprint density at radius 3 is 2.83 bits per heavy atom. The topological polar surface area (TPSA) is 69.2 Å². The van der Waals surface area contributed by atoms with E-state index in [1.165, 1.54) is 0 Å². The summed E-state index contributed by atoms with van der Waals surface area (Å²) in [6.07, 6.45) is 1.48. The molecule has 2 aliphatic heterocycles. The fraction of sp³-hybridized carbons (Fsp3) is 0.882. The summed E-state index contributed by atoms with van der Waals surface area (Å²) < 4.78 is 5.40. The quantitative estimate of drug-likeness (QED) is 0.532. The molecule has 24 heavy (non-hydrogen) atoms. The molecule has 2 aliphatic rings. The van der Waals surface area contributed by atoms with Crippen molar-refractivity contribution in [2.45, 2.75) is 32.7 Å². The van der Waals surface area contributed by atoms with Gasteiger partial charge in [-0.1, -0.05) is 6.92 Å². The maximum absolute atomic E-state index is 11.6. The third-order valence-corrected chi connectivity index (χ3v) is 4.55. The zero-order valence-corrected chi connectivity index (χ0v) is 15.4. The highest BCUT2D eigenvalue weighted by molar-refractivity contribution is 5.81. The summed E-state index contributed by atoms with van der Waals surface area (Å²) in [4.78, 5) is 20.6. The molecule has 7 nitrogen and oxygen atoms in total. The van der Waals surface area contributed by atoms with Gasteiger partial charge in [0.15, 0.2) is 5.96 Å². The van der Waals surface area contributed by atoms with Gasteiger partial charge in [-0.2, -0.15) is 0 Å². The van der Waals surface area contributed by atoms with Gasteiger partial charge in [0, 0.05) is 58.8 Å². The second-order valence-electron chi connectivity index (χ2n) is 6.89. The number of aliphatic imine (C=N–C) groups is 1. The predicted octanol–water partition coefficient (Wildman–Crippen LogP) is 0.131. The molecule has 0 spiro atoms. The Morgan fingerprint density at radius 2 is 2.17 bits per heavy atom. The number of morpholine rings is 1. The van der Waals surface area contributed by atoms with Crippen LogP contribution < -0.4 is 10.6 Å². The van der Waals surface area contributed by atoms with Crippen molar-refractivity contribution >= 4 is 11.9 Å². The Balaban J connectivity index is 1.79. The van der Waals surface area contributed by atoms with Crippen LogP contribution in [0.4, 0.5) is 0 Å². The summed E-state index contributed by atoms with van der Waals surface area (Å²) in [6.45, 7) is 11.5. The third-order valence-electron chi connectivity index (χ3n) is 4.55. The number of amides is 1. The van der Waals surface area contributed by atoms with Crippen LogP contribution in [-0.2, 0) is 9.53 Å². The lowest BCUT2D eigenvalue weighted by atomic mass is 10.1. The van der Waals surface area contributed by atoms with E-state index in [4.69, 9.17) is 9.73 Å². The lowest BCUT2D eigenvalue weighted by Gasteiger charge is -2.31. The summed E-state index contributed by atoms with van der Waals surface area (Å²) in [5.41, 5.74) is 0. The zero-order chi connectivity index (χ0) is 17.4. The first-order valence-corrected chi connectivity index (χ1v) is 9.17. The van der Waals surface area contributed by atoms with Crippen LogP contribution in [-0.4, -0.2) is 87.2 Å². The largest absolute Gasteiger partial charge is 0.379 e. The van der Waals surface area contributed by atoms with Gasteiger partial charge in [0.25, 0.3) is 0 Å². The summed E-state index contributed by atoms with van der Waals surface area (Å²) >= 11 is 0. The van der Waals surface area contributed by atoms with Gasteiger partial charge in [0.05, 0.1) is 13.2 Å². The van der Waals surface area contributed by atoms with Crippen LogP contribution in [0.3, 0.4) is 0 Å². The summed E-state index contributed by atoms with van der Waals surface area (Å²) in [5.74, 6) is 1.60. The van der Waals surface area contributed by atoms with Crippen LogP contribution in [0.15, 0.2) is 4.99 Å². The van der Waals surface area contributed by atoms with E-state index in [9.17, 15) is 4.79 Å². The maximum atomic E-state index is 11.6. The average Bonchev–Trinajstić information content (AvgIpc) is 2.57. The first kappa shape index (κ1) is 19.0. The number of carbonyl (C=O) groups excluding carboxylic acids is 1. The Morgan fingerprint density at radius 1 is 1.42 bits per heavy atom. The van der Waals surface area contributed by atoms with Crippen molar-refractivity contribution < 1.29 is 9.53 Å². The van der Waals surface area contributed by atoms with Gasteiger partial charge in [0.1, 0.15) is 0 Å². The van der Waals surface area contributed by atoms with Gasteiger partial charge >= 0.3 is 0 Å². The van der Waals surface area contributed by atoms with Crippen LogP contribution in [0.25, 0.3) is 0 Å². The van der Waals surface area contributed by atoms with Crippen LogP contribution >= 0.6 is 0 Å². The summed E-state index contributed by atoms with van der Waals surface area (Å²) in [6, 6.07) is 0.278. The molecular weight excluding hydrogens is 306 g/mol. The molecule has 0 aromatic heterocycles. The number of hydrogen-bond donors (Lipinski definition) is 2. The van der Waals surface area contributed by atoms with E-state index in [0.717, 1.165) is 64.9 Å². The smallest absolute Gasteiger partial charge is 0.222 e. The predicted molar refractivity (Wildman–Crippen MR) is 96.2 cm³/mol. The lowest BCUT2D eigenvalue weighted by Crippen LogP contribution is -2.51. The number of ether oxygens (including phenoxy) is 1. The van der Waals surface area contributed by atoms with E-state index in [1.54, 1.807) is 4.90 Å². The molecule has 2 N–H and O–H groups in total. The van der Waals surface area contributed by atoms with Crippen molar-refractivity contribution in [2.75, 3.05) is 59.5 Å². The maximum Gasteiger partial charge on any atom is 0.222 e. The first-order chi connectivity index (χ1) is 11.6. The number of guanidine groups is 1. The number of nitrogens with zero attached hydrogens (tertiary/aromatic N) is 3. The number of nitrogens with one attached hydrogen (secondary N) is 2. The van der Waals surface area contributed by atoms with Crippen molar-refractivity contribution in [3.05, 3.63) is 0 Å². The molecule has 7 heteroatoms. The molecule has 2 rings (SSSR count). The molecule has 1 amide bonds. The van der Waals surface area contributed by atoms with E-state index >= 15 is 0 Å². The second kappa shape index (κ2) is 9.84. The Hall–Kier alpha value is -1.34. The number of carbonyl (C=O) groups is 1. The molecule has 138 valence electrons. The van der Waals surface area contributed by atoms with E-state index in [1.807, 2.05) is 7.05 Å². The molecule has 2 unspecified atom stereocenters. The number of piperidine rings is 1. The molecule has 0 bridgehead atoms. The van der Waals surface area contributed by atoms with E-state index < -0.39 is 0 Å². The monoisotopic (exact) mass is 339 g/mol. The lowest BCUT2D eigenvalue weighted by molar-refractivity contribution is -0.132. The highest BCUT2D eigenvalue weighted by Crippen LogP contribution is 2.09. The molecular formula is C17H33N5O2. The zero-order valence-electron chi connectivity index (χ0n) is 15.4. The van der Waals surface area contributed by atoms with E-state index in [2.05, 4.69) is 29.4 Å². The highest BCUT2D eigenvalue weighted by atomic mass is 16.5. The molecule has 0 aromatic rings. The summed E-state index contributed by atoms with van der Waals surface area (Å²) in [7, 11) is 1.87. The fourth-order valence-corrected chi connectivity index (χ4v) is 3.17. The van der Waals surface area contributed by atoms with Gasteiger partial charge in [-0.15, -0.1) is 0 Å². The van der Waals surface area contributed by atoms with Crippen LogP contribution in [0, 0.1) is 5.92 Å². The van der Waals surface area contributed by atoms with Crippen molar-refractivity contribution in [1.29, 1.82) is 0 Å². The minimum Gasteiger partial charge on any atom is -0.379 e. The van der Waals surface area contributed by atoms with Gasteiger partial charge in [0.2, 0.25) is 5.91 Å². The standard InChI is InChI=1S/C17H33N5O2/c1-4-18-17(20-15-5-6-16(23)21(3)13-15)19-11-14(2)12-22-7-9-24-10-8-22/h14-15H,4-13H2,1-3H3,(H2,18,19,20). The Kier molecular flexibility index (Phi) is 7.78. The molecule has 0 aromatic carbocycles. The Bertz CT molecular complexity index is 423. The molecule has 2 fully saturated rings. The van der Waals surface area contributed by atoms with Crippen molar-refractivity contribution in [2.24, 2.45) is 10.9 Å². The molecule has 0 aliphatic carbocycles. The SMILES string of the molecule is CCNC(=NCC(C)CN1CCOCC1)NC1CCC(=O)N(C)C1. The summed E-state index contributed by atoms with van der Waals surface area (Å²) in [5, 5.41) is 6.80. The second-order valence-corrected chi connectivity index (χ2v) is 6.89. The average molecular weight is 339 g/mol. The minimum absolute atomic E-state index is 0.231. The molecule has 2 saturated heterocycles. The van der Waals surface area contributed by atoms with Gasteiger partial charge in [-0.3, -0.25) is 14.7 Å². The van der Waals surface area contributed by atoms with E-state index in [-0.39, 0.29) is 11.9 Å².